The third-order valence-corrected chi connectivity index (χ3v) is 7.03. The van der Waals surface area contributed by atoms with Gasteiger partial charge in [0.05, 0.1) is 4.90 Å². The van der Waals surface area contributed by atoms with Gasteiger partial charge in [-0.15, -0.1) is 12.6 Å². The van der Waals surface area contributed by atoms with Crippen LogP contribution < -0.4 is 0 Å². The summed E-state index contributed by atoms with van der Waals surface area (Å²) >= 11 is 4.69. The van der Waals surface area contributed by atoms with E-state index in [2.05, 4.69) is 73.3 Å². The Hall–Kier alpha value is -1.72. The molecule has 4 heteroatoms. The molecule has 0 atom stereocenters. The highest BCUT2D eigenvalue weighted by molar-refractivity contribution is 7.97. The van der Waals surface area contributed by atoms with Gasteiger partial charge < -0.3 is 10.2 Å². The number of hydrogen-bond donors (Lipinski definition) is 3. The highest BCUT2D eigenvalue weighted by atomic mass is 32.2. The Labute approximate surface area is 163 Å². The third-order valence-electron chi connectivity index (χ3n) is 4.20. The molecule has 0 saturated carbocycles. The summed E-state index contributed by atoms with van der Waals surface area (Å²) in [6, 6.07) is 25.2. The van der Waals surface area contributed by atoms with Crippen LogP contribution in [0.15, 0.2) is 92.4 Å². The predicted octanol–water partition coefficient (Wildman–Crippen LogP) is 4.14. The van der Waals surface area contributed by atoms with E-state index >= 15 is 0 Å². The zero-order valence-electron chi connectivity index (χ0n) is 14.5. The van der Waals surface area contributed by atoms with Crippen LogP contribution in [0.5, 0.6) is 0 Å². The molecule has 0 spiro atoms. The van der Waals surface area contributed by atoms with Gasteiger partial charge in [-0.2, -0.15) is 0 Å². The summed E-state index contributed by atoms with van der Waals surface area (Å²) in [5.74, 6) is 0. The Morgan fingerprint density at radius 2 is 1.12 bits per heavy atom. The van der Waals surface area contributed by atoms with Crippen molar-refractivity contribution in [3.63, 3.8) is 0 Å². The Bertz CT molecular complexity index is 780. The summed E-state index contributed by atoms with van der Waals surface area (Å²) in [5, 5.41) is 18.3. The van der Waals surface area contributed by atoms with Crippen molar-refractivity contribution < 1.29 is 10.2 Å². The molecule has 26 heavy (non-hydrogen) atoms. The summed E-state index contributed by atoms with van der Waals surface area (Å²) in [6.07, 6.45) is 1.35. The molecule has 2 N–H and O–H groups in total. The van der Waals surface area contributed by atoms with Crippen LogP contribution in [0.4, 0.5) is 0 Å². The lowest BCUT2D eigenvalue weighted by atomic mass is 10.2. The first kappa shape index (κ1) is 19.1. The Balaban J connectivity index is 2.03. The molecule has 0 aliphatic rings. The Morgan fingerprint density at radius 3 is 1.54 bits per heavy atom. The summed E-state index contributed by atoms with van der Waals surface area (Å²) < 4.78 is 0. The lowest BCUT2D eigenvalue weighted by Gasteiger charge is -2.11. The van der Waals surface area contributed by atoms with Gasteiger partial charge in [0.1, 0.15) is 10.9 Å². The smallest absolute Gasteiger partial charge is 0.179 e. The molecule has 0 amide bonds. The maximum absolute atomic E-state index is 9.13. The molecule has 0 radical (unpaired) electrons. The maximum atomic E-state index is 9.13. The van der Waals surface area contributed by atoms with Crippen molar-refractivity contribution in [1.82, 2.24) is 0 Å². The average molecular weight is 384 g/mol. The first-order valence-corrected chi connectivity index (χ1v) is 10.3. The molecule has 0 unspecified atom stereocenters. The maximum Gasteiger partial charge on any atom is 0.179 e. The van der Waals surface area contributed by atoms with Gasteiger partial charge in [0.15, 0.2) is 14.7 Å². The van der Waals surface area contributed by atoms with Gasteiger partial charge in [-0.1, -0.05) is 36.4 Å². The molecule has 0 aliphatic heterocycles. The molecular formula is C22H23O2S2+. The van der Waals surface area contributed by atoms with Crippen LogP contribution in [0.3, 0.4) is 0 Å². The minimum atomic E-state index is -0.252. The lowest BCUT2D eigenvalue weighted by Crippen LogP contribution is -2.06. The number of rotatable bonds is 7. The van der Waals surface area contributed by atoms with Crippen molar-refractivity contribution in [2.45, 2.75) is 32.4 Å². The molecule has 0 aliphatic carbocycles. The van der Waals surface area contributed by atoms with Gasteiger partial charge >= 0.3 is 0 Å². The number of aliphatic hydroxyl groups excluding tert-OH is 2. The van der Waals surface area contributed by atoms with Gasteiger partial charge in [-0.3, -0.25) is 0 Å². The monoisotopic (exact) mass is 383 g/mol. The third kappa shape index (κ3) is 4.51. The van der Waals surface area contributed by atoms with Gasteiger partial charge in [-0.05, 0) is 60.4 Å². The van der Waals surface area contributed by atoms with Gasteiger partial charge in [0, 0.05) is 13.2 Å². The first-order chi connectivity index (χ1) is 12.7. The Kier molecular flexibility index (Phi) is 6.80. The van der Waals surface area contributed by atoms with Crippen LogP contribution in [0.1, 0.15) is 11.1 Å². The molecule has 0 heterocycles. The second kappa shape index (κ2) is 9.28. The van der Waals surface area contributed by atoms with E-state index < -0.39 is 0 Å². The molecular weight excluding hydrogens is 360 g/mol. The fraction of sp³-hybridized carbons (Fsp3) is 0.182. The van der Waals surface area contributed by atoms with Gasteiger partial charge in [0.2, 0.25) is 0 Å². The van der Waals surface area contributed by atoms with Crippen LogP contribution in [0, 0.1) is 0 Å². The second-order valence-electron chi connectivity index (χ2n) is 6.01. The summed E-state index contributed by atoms with van der Waals surface area (Å²) in [4.78, 5) is 4.63. The van der Waals surface area contributed by atoms with Crippen LogP contribution >= 0.6 is 12.6 Å². The molecule has 0 fully saturated rings. The quantitative estimate of drug-likeness (QED) is 0.424. The van der Waals surface area contributed by atoms with Crippen LogP contribution in [0.25, 0.3) is 0 Å². The predicted molar refractivity (Wildman–Crippen MR) is 110 cm³/mol. The van der Waals surface area contributed by atoms with Crippen molar-refractivity contribution in [3.05, 3.63) is 83.9 Å². The number of hydrogen-bond acceptors (Lipinski definition) is 3. The molecule has 134 valence electrons. The van der Waals surface area contributed by atoms with Crippen molar-refractivity contribution in [2.75, 3.05) is 13.2 Å². The molecule has 2 nitrogen and oxygen atoms in total. The van der Waals surface area contributed by atoms with E-state index in [9.17, 15) is 0 Å². The lowest BCUT2D eigenvalue weighted by molar-refractivity contribution is 0.299. The molecule has 0 aromatic heterocycles. The topological polar surface area (TPSA) is 40.5 Å². The van der Waals surface area contributed by atoms with E-state index in [1.54, 1.807) is 0 Å². The normalized spacial score (nSPS) is 11.1. The molecule has 3 rings (SSSR count). The second-order valence-corrected chi connectivity index (χ2v) is 8.49. The SMILES string of the molecule is OCCc1ccc([S+](c2ccc(CCO)cc2)c2ccccc2S)cc1. The number of benzene rings is 3. The standard InChI is InChI=1S/C22H22O2S2/c23-15-13-17-5-9-19(10-6-17)26(22-4-2-1-3-21(22)25)20-11-7-18(8-12-20)14-16-24/h1-12,23-24H,13-16H2/p+1. The summed E-state index contributed by atoms with van der Waals surface area (Å²) in [7, 11) is -0.252. The fourth-order valence-corrected chi connectivity index (χ4v) is 5.39. The van der Waals surface area contributed by atoms with Crippen molar-refractivity contribution >= 4 is 23.5 Å². The molecule has 3 aromatic carbocycles. The van der Waals surface area contributed by atoms with Gasteiger partial charge in [-0.25, -0.2) is 0 Å². The number of aliphatic hydroxyl groups is 2. The van der Waals surface area contributed by atoms with Crippen LogP contribution in [-0.4, -0.2) is 23.4 Å². The van der Waals surface area contributed by atoms with Crippen molar-refractivity contribution in [2.24, 2.45) is 0 Å². The van der Waals surface area contributed by atoms with E-state index in [1.807, 2.05) is 12.1 Å². The largest absolute Gasteiger partial charge is 0.396 e. The number of thiol groups is 1. The fourth-order valence-electron chi connectivity index (χ4n) is 2.86. The first-order valence-electron chi connectivity index (χ1n) is 8.65. The molecule has 3 aromatic rings. The summed E-state index contributed by atoms with van der Waals surface area (Å²) in [5.41, 5.74) is 2.27. The average Bonchev–Trinajstić information content (AvgIpc) is 2.67. The minimum absolute atomic E-state index is 0.164. The van der Waals surface area contributed by atoms with E-state index in [0.29, 0.717) is 12.8 Å². The Morgan fingerprint density at radius 1 is 0.654 bits per heavy atom. The van der Waals surface area contributed by atoms with Crippen molar-refractivity contribution in [1.29, 1.82) is 0 Å². The van der Waals surface area contributed by atoms with E-state index in [-0.39, 0.29) is 24.1 Å². The van der Waals surface area contributed by atoms with Crippen LogP contribution in [0.2, 0.25) is 0 Å². The van der Waals surface area contributed by atoms with E-state index in [1.165, 1.54) is 14.7 Å². The van der Waals surface area contributed by atoms with E-state index in [0.717, 1.165) is 16.0 Å². The van der Waals surface area contributed by atoms with Gasteiger partial charge in [0.25, 0.3) is 0 Å². The highest BCUT2D eigenvalue weighted by Crippen LogP contribution is 2.34. The van der Waals surface area contributed by atoms with Crippen LogP contribution in [-0.2, 0) is 23.7 Å². The zero-order chi connectivity index (χ0) is 18.4. The van der Waals surface area contributed by atoms with Crippen molar-refractivity contribution in [3.8, 4) is 0 Å². The van der Waals surface area contributed by atoms with E-state index in [4.69, 9.17) is 10.2 Å². The minimum Gasteiger partial charge on any atom is -0.396 e. The molecule has 0 bridgehead atoms. The highest BCUT2D eigenvalue weighted by Gasteiger charge is 2.30. The molecule has 0 saturated heterocycles. The zero-order valence-corrected chi connectivity index (χ0v) is 16.2. The summed E-state index contributed by atoms with van der Waals surface area (Å²) in [6.45, 7) is 0.327.